The summed E-state index contributed by atoms with van der Waals surface area (Å²) in [5.74, 6) is 1.60. The molecular formula is C15H25NO3S. The number of thioether (sulfide) groups is 1. The maximum Gasteiger partial charge on any atom is 0.326 e. The van der Waals surface area contributed by atoms with Crippen LogP contribution in [0.15, 0.2) is 21.6 Å². The monoisotopic (exact) mass is 299 g/mol. The molecule has 1 rings (SSSR count). The van der Waals surface area contributed by atoms with Crippen LogP contribution in [0.5, 0.6) is 0 Å². The molecule has 1 heterocycles. The van der Waals surface area contributed by atoms with Crippen molar-refractivity contribution in [2.45, 2.75) is 51.0 Å². The third kappa shape index (κ3) is 4.87. The van der Waals surface area contributed by atoms with Gasteiger partial charge in [0, 0.05) is 10.6 Å². The zero-order valence-electron chi connectivity index (χ0n) is 12.8. The summed E-state index contributed by atoms with van der Waals surface area (Å²) in [5.41, 5.74) is -0.614. The molecule has 1 unspecified atom stereocenters. The lowest BCUT2D eigenvalue weighted by molar-refractivity contribution is -0.150. The van der Waals surface area contributed by atoms with Crippen LogP contribution in [0.3, 0.4) is 0 Å². The summed E-state index contributed by atoms with van der Waals surface area (Å²) in [5, 5.41) is 3.31. The highest BCUT2D eigenvalue weighted by atomic mass is 32.2. The summed E-state index contributed by atoms with van der Waals surface area (Å²) in [6.45, 7) is 9.01. The molecule has 5 heteroatoms. The van der Waals surface area contributed by atoms with Crippen molar-refractivity contribution < 1.29 is 13.9 Å². The summed E-state index contributed by atoms with van der Waals surface area (Å²) in [4.78, 5) is 13.2. The summed E-state index contributed by atoms with van der Waals surface area (Å²) in [6.07, 6.45) is 3.40. The number of furan rings is 1. The first-order valence-electron chi connectivity index (χ1n) is 7.12. The third-order valence-corrected chi connectivity index (χ3v) is 4.30. The van der Waals surface area contributed by atoms with E-state index in [9.17, 15) is 4.79 Å². The first-order chi connectivity index (χ1) is 9.53. The number of ether oxygens (including phenoxy) is 1. The van der Waals surface area contributed by atoms with E-state index >= 15 is 0 Å². The Bertz CT molecular complexity index is 419. The van der Waals surface area contributed by atoms with E-state index in [-0.39, 0.29) is 5.97 Å². The number of hydrogen-bond acceptors (Lipinski definition) is 5. The van der Waals surface area contributed by atoms with Crippen molar-refractivity contribution in [1.82, 2.24) is 5.32 Å². The quantitative estimate of drug-likeness (QED) is 0.559. The molecule has 114 valence electrons. The van der Waals surface area contributed by atoms with E-state index in [2.05, 4.69) is 12.2 Å². The van der Waals surface area contributed by atoms with Gasteiger partial charge in [0.1, 0.15) is 11.3 Å². The molecule has 0 bridgehead atoms. The first kappa shape index (κ1) is 17.1. The molecule has 1 N–H and O–H groups in total. The van der Waals surface area contributed by atoms with Crippen molar-refractivity contribution in [3.63, 3.8) is 0 Å². The molecule has 1 aromatic heterocycles. The highest BCUT2D eigenvalue weighted by Gasteiger charge is 2.33. The van der Waals surface area contributed by atoms with Crippen molar-refractivity contribution in [2.24, 2.45) is 0 Å². The van der Waals surface area contributed by atoms with Gasteiger partial charge in [0.2, 0.25) is 0 Å². The van der Waals surface area contributed by atoms with E-state index in [1.807, 2.05) is 26.8 Å². The molecule has 0 aliphatic heterocycles. The number of carbonyl (C=O) groups is 1. The normalized spacial score (nSPS) is 14.0. The van der Waals surface area contributed by atoms with Gasteiger partial charge in [-0.15, -0.1) is 11.8 Å². The van der Waals surface area contributed by atoms with Crippen molar-refractivity contribution in [3.8, 4) is 0 Å². The van der Waals surface area contributed by atoms with Crippen LogP contribution in [-0.4, -0.2) is 30.4 Å². The minimum absolute atomic E-state index is 0.169. The standard InChI is InChI=1S/C15H25NO3S/c1-5-9-16-15(4,14(17)18-6-2)8-11-20-13-7-10-19-12(13)3/h7,10,16H,5-6,8-9,11H2,1-4H3. The Morgan fingerprint density at radius 3 is 2.80 bits per heavy atom. The number of nitrogens with one attached hydrogen (secondary N) is 1. The average Bonchev–Trinajstić information content (AvgIpc) is 2.82. The number of esters is 1. The average molecular weight is 299 g/mol. The van der Waals surface area contributed by atoms with Gasteiger partial charge in [-0.05, 0) is 46.2 Å². The van der Waals surface area contributed by atoms with Crippen molar-refractivity contribution >= 4 is 17.7 Å². The van der Waals surface area contributed by atoms with Crippen molar-refractivity contribution in [1.29, 1.82) is 0 Å². The van der Waals surface area contributed by atoms with E-state index in [0.717, 1.165) is 35.8 Å². The Hall–Kier alpha value is -0.940. The molecule has 0 fully saturated rings. The number of rotatable bonds is 9. The van der Waals surface area contributed by atoms with E-state index in [1.165, 1.54) is 0 Å². The zero-order valence-corrected chi connectivity index (χ0v) is 13.6. The molecule has 0 radical (unpaired) electrons. The van der Waals surface area contributed by atoms with Crippen LogP contribution in [0.4, 0.5) is 0 Å². The van der Waals surface area contributed by atoms with Crippen LogP contribution in [0.1, 0.15) is 39.4 Å². The second-order valence-corrected chi connectivity index (χ2v) is 6.06. The molecule has 1 atom stereocenters. The van der Waals surface area contributed by atoms with Gasteiger partial charge in [0.15, 0.2) is 0 Å². The van der Waals surface area contributed by atoms with Crippen molar-refractivity contribution in [2.75, 3.05) is 18.9 Å². The fraction of sp³-hybridized carbons (Fsp3) is 0.667. The van der Waals surface area contributed by atoms with Gasteiger partial charge in [-0.3, -0.25) is 4.79 Å². The van der Waals surface area contributed by atoms with E-state index in [4.69, 9.17) is 9.15 Å². The predicted molar refractivity (Wildman–Crippen MR) is 82.1 cm³/mol. The fourth-order valence-corrected chi connectivity index (χ4v) is 2.98. The van der Waals surface area contributed by atoms with Gasteiger partial charge in [0.25, 0.3) is 0 Å². The van der Waals surface area contributed by atoms with Gasteiger partial charge < -0.3 is 14.5 Å². The summed E-state index contributed by atoms with van der Waals surface area (Å²) in [6, 6.07) is 1.96. The number of hydrogen-bond donors (Lipinski definition) is 1. The van der Waals surface area contributed by atoms with Gasteiger partial charge in [0.05, 0.1) is 12.9 Å². The molecule has 0 aliphatic carbocycles. The summed E-state index contributed by atoms with van der Waals surface area (Å²) < 4.78 is 10.5. The highest BCUT2D eigenvalue weighted by Crippen LogP contribution is 2.26. The second-order valence-electron chi connectivity index (χ2n) is 4.92. The van der Waals surface area contributed by atoms with Gasteiger partial charge >= 0.3 is 5.97 Å². The maximum absolute atomic E-state index is 12.1. The minimum Gasteiger partial charge on any atom is -0.468 e. The van der Waals surface area contributed by atoms with Crippen LogP contribution < -0.4 is 5.32 Å². The lowest BCUT2D eigenvalue weighted by atomic mass is 9.99. The lowest BCUT2D eigenvalue weighted by Gasteiger charge is -2.28. The predicted octanol–water partition coefficient (Wildman–Crippen LogP) is 3.39. The molecule has 0 spiro atoms. The first-order valence-corrected chi connectivity index (χ1v) is 8.11. The van der Waals surface area contributed by atoms with Gasteiger partial charge in [-0.1, -0.05) is 6.92 Å². The van der Waals surface area contributed by atoms with Crippen LogP contribution in [0.2, 0.25) is 0 Å². The van der Waals surface area contributed by atoms with Crippen molar-refractivity contribution in [3.05, 3.63) is 18.1 Å². The minimum atomic E-state index is -0.614. The lowest BCUT2D eigenvalue weighted by Crippen LogP contribution is -2.51. The van der Waals surface area contributed by atoms with Crippen LogP contribution in [0.25, 0.3) is 0 Å². The molecule has 0 amide bonds. The Morgan fingerprint density at radius 2 is 2.25 bits per heavy atom. The Labute approximate surface area is 125 Å². The van der Waals surface area contributed by atoms with Gasteiger partial charge in [-0.2, -0.15) is 0 Å². The number of carbonyl (C=O) groups excluding carboxylic acids is 1. The summed E-state index contributed by atoms with van der Waals surface area (Å²) in [7, 11) is 0. The molecule has 1 aromatic rings. The Balaban J connectivity index is 2.55. The van der Waals surface area contributed by atoms with Crippen LogP contribution in [-0.2, 0) is 9.53 Å². The maximum atomic E-state index is 12.1. The molecule has 0 saturated carbocycles. The van der Waals surface area contributed by atoms with Crippen LogP contribution >= 0.6 is 11.8 Å². The molecule has 20 heavy (non-hydrogen) atoms. The molecular weight excluding hydrogens is 274 g/mol. The topological polar surface area (TPSA) is 51.5 Å². The van der Waals surface area contributed by atoms with E-state index in [1.54, 1.807) is 18.0 Å². The smallest absolute Gasteiger partial charge is 0.326 e. The Morgan fingerprint density at radius 1 is 1.50 bits per heavy atom. The molecule has 4 nitrogen and oxygen atoms in total. The number of aryl methyl sites for hydroxylation is 1. The largest absolute Gasteiger partial charge is 0.468 e. The molecule has 0 aliphatic rings. The molecule has 0 saturated heterocycles. The van der Waals surface area contributed by atoms with E-state index < -0.39 is 5.54 Å². The second kappa shape index (κ2) is 8.37. The zero-order chi connectivity index (χ0) is 15.0. The van der Waals surface area contributed by atoms with Gasteiger partial charge in [-0.25, -0.2) is 0 Å². The third-order valence-electron chi connectivity index (χ3n) is 3.16. The SMILES string of the molecule is CCCNC(C)(CCSc1ccoc1C)C(=O)OCC. The fourth-order valence-electron chi connectivity index (χ4n) is 1.84. The Kier molecular flexibility index (Phi) is 7.16. The molecule has 0 aromatic carbocycles. The highest BCUT2D eigenvalue weighted by molar-refractivity contribution is 7.99. The van der Waals surface area contributed by atoms with E-state index in [0.29, 0.717) is 6.61 Å². The van der Waals surface area contributed by atoms with Crippen LogP contribution in [0, 0.1) is 6.92 Å². The summed E-state index contributed by atoms with van der Waals surface area (Å²) >= 11 is 1.71.